The quantitative estimate of drug-likeness (QED) is 0.707. The highest BCUT2D eigenvalue weighted by molar-refractivity contribution is 5.73. The molecule has 0 amide bonds. The molecule has 2 rings (SSSR count). The fraction of sp³-hybridized carbons (Fsp3) is 0.917. The molecule has 0 aromatic carbocycles. The molecule has 2 fully saturated rings. The highest BCUT2D eigenvalue weighted by atomic mass is 16.4. The van der Waals surface area contributed by atoms with Crippen LogP contribution in [0.5, 0.6) is 0 Å². The maximum Gasteiger partial charge on any atom is 0.322 e. The van der Waals surface area contributed by atoms with Crippen molar-refractivity contribution in [3.05, 3.63) is 0 Å². The Bertz CT molecular complexity index is 253. The second kappa shape index (κ2) is 5.15. The van der Waals surface area contributed by atoms with E-state index in [2.05, 4.69) is 17.1 Å². The van der Waals surface area contributed by atoms with E-state index in [1.165, 1.54) is 12.8 Å². The second-order valence-electron chi connectivity index (χ2n) is 5.15. The monoisotopic (exact) mass is 226 g/mol. The van der Waals surface area contributed by atoms with E-state index in [1.54, 1.807) is 0 Å². The molecule has 92 valence electrons. The van der Waals surface area contributed by atoms with Gasteiger partial charge in [0.25, 0.3) is 0 Å². The standard InChI is InChI=1S/C12H22N2O2/c1-2-9-5-6-14(7-9)8-11(12(15)16)13-10-3-4-10/h9-11,13H,2-8H2,1H3,(H,15,16). The Morgan fingerprint density at radius 2 is 2.25 bits per heavy atom. The van der Waals surface area contributed by atoms with E-state index in [4.69, 9.17) is 5.11 Å². The first kappa shape index (κ1) is 11.9. The molecular weight excluding hydrogens is 204 g/mol. The summed E-state index contributed by atoms with van der Waals surface area (Å²) < 4.78 is 0. The Balaban J connectivity index is 1.78. The van der Waals surface area contributed by atoms with Crippen LogP contribution in [0.4, 0.5) is 0 Å². The SMILES string of the molecule is CCC1CCN(CC(NC2CC2)C(=O)O)C1. The largest absolute Gasteiger partial charge is 0.480 e. The highest BCUT2D eigenvalue weighted by Gasteiger charge is 2.31. The van der Waals surface area contributed by atoms with Crippen LogP contribution in [0.2, 0.25) is 0 Å². The van der Waals surface area contributed by atoms with Gasteiger partial charge >= 0.3 is 5.97 Å². The molecule has 16 heavy (non-hydrogen) atoms. The van der Waals surface area contributed by atoms with Crippen molar-refractivity contribution in [2.24, 2.45) is 5.92 Å². The zero-order valence-corrected chi connectivity index (χ0v) is 9.98. The van der Waals surface area contributed by atoms with E-state index >= 15 is 0 Å². The van der Waals surface area contributed by atoms with Crippen molar-refractivity contribution in [3.8, 4) is 0 Å². The van der Waals surface area contributed by atoms with Gasteiger partial charge in [-0.25, -0.2) is 0 Å². The van der Waals surface area contributed by atoms with Gasteiger partial charge in [0.15, 0.2) is 0 Å². The van der Waals surface area contributed by atoms with Crippen LogP contribution in [-0.4, -0.2) is 47.7 Å². The minimum absolute atomic E-state index is 0.372. The number of rotatable bonds is 6. The molecule has 1 aliphatic carbocycles. The van der Waals surface area contributed by atoms with Crippen LogP contribution in [0.1, 0.15) is 32.6 Å². The van der Waals surface area contributed by atoms with Crippen LogP contribution in [0, 0.1) is 5.92 Å². The highest BCUT2D eigenvalue weighted by Crippen LogP contribution is 2.22. The second-order valence-corrected chi connectivity index (χ2v) is 5.15. The third-order valence-electron chi connectivity index (χ3n) is 3.70. The fourth-order valence-electron chi connectivity index (χ4n) is 2.41. The van der Waals surface area contributed by atoms with Crippen LogP contribution in [0.25, 0.3) is 0 Å². The summed E-state index contributed by atoms with van der Waals surface area (Å²) in [6.45, 7) is 5.02. The molecule has 0 bridgehead atoms. The van der Waals surface area contributed by atoms with E-state index < -0.39 is 5.97 Å². The Labute approximate surface area is 97.0 Å². The number of hydrogen-bond acceptors (Lipinski definition) is 3. The van der Waals surface area contributed by atoms with E-state index in [0.717, 1.165) is 31.8 Å². The summed E-state index contributed by atoms with van der Waals surface area (Å²) in [4.78, 5) is 13.4. The van der Waals surface area contributed by atoms with Crippen molar-refractivity contribution in [1.29, 1.82) is 0 Å². The Morgan fingerprint density at radius 1 is 1.50 bits per heavy atom. The molecule has 2 atom stereocenters. The van der Waals surface area contributed by atoms with Crippen molar-refractivity contribution in [2.75, 3.05) is 19.6 Å². The summed E-state index contributed by atoms with van der Waals surface area (Å²) in [5, 5.41) is 12.4. The van der Waals surface area contributed by atoms with Gasteiger partial charge in [0, 0.05) is 19.1 Å². The van der Waals surface area contributed by atoms with Crippen LogP contribution in [0.3, 0.4) is 0 Å². The lowest BCUT2D eigenvalue weighted by Crippen LogP contribution is -2.46. The van der Waals surface area contributed by atoms with Gasteiger partial charge in [-0.05, 0) is 31.7 Å². The summed E-state index contributed by atoms with van der Waals surface area (Å²) in [6.07, 6.45) is 4.72. The van der Waals surface area contributed by atoms with E-state index in [9.17, 15) is 4.79 Å². The average Bonchev–Trinajstić information content (AvgIpc) is 2.95. The van der Waals surface area contributed by atoms with Crippen molar-refractivity contribution < 1.29 is 9.90 Å². The Morgan fingerprint density at radius 3 is 2.75 bits per heavy atom. The maximum absolute atomic E-state index is 11.1. The van der Waals surface area contributed by atoms with Gasteiger partial charge in [-0.2, -0.15) is 0 Å². The predicted molar refractivity (Wildman–Crippen MR) is 62.4 cm³/mol. The van der Waals surface area contributed by atoms with Gasteiger partial charge in [-0.15, -0.1) is 0 Å². The minimum atomic E-state index is -0.702. The lowest BCUT2D eigenvalue weighted by atomic mass is 10.1. The molecule has 1 aliphatic heterocycles. The molecule has 1 saturated carbocycles. The molecular formula is C12H22N2O2. The van der Waals surface area contributed by atoms with Crippen LogP contribution in [0.15, 0.2) is 0 Å². The molecule has 1 saturated heterocycles. The number of nitrogens with one attached hydrogen (secondary N) is 1. The van der Waals surface area contributed by atoms with Gasteiger partial charge < -0.3 is 15.3 Å². The molecule has 1 heterocycles. The molecule has 0 aromatic heterocycles. The predicted octanol–water partition coefficient (Wildman–Crippen LogP) is 0.923. The molecule has 0 radical (unpaired) electrons. The lowest BCUT2D eigenvalue weighted by molar-refractivity contribution is -0.140. The first-order valence-corrected chi connectivity index (χ1v) is 6.40. The molecule has 0 aromatic rings. The van der Waals surface area contributed by atoms with E-state index in [1.807, 2.05) is 0 Å². The number of hydrogen-bond donors (Lipinski definition) is 2. The van der Waals surface area contributed by atoms with Crippen LogP contribution < -0.4 is 5.32 Å². The molecule has 2 N–H and O–H groups in total. The summed E-state index contributed by atoms with van der Waals surface area (Å²) in [5.41, 5.74) is 0. The van der Waals surface area contributed by atoms with Crippen molar-refractivity contribution in [1.82, 2.24) is 10.2 Å². The van der Waals surface area contributed by atoms with Crippen molar-refractivity contribution in [2.45, 2.75) is 44.7 Å². The van der Waals surface area contributed by atoms with Crippen LogP contribution >= 0.6 is 0 Å². The summed E-state index contributed by atoms with van der Waals surface area (Å²) in [5.74, 6) is 0.0715. The average molecular weight is 226 g/mol. The lowest BCUT2D eigenvalue weighted by Gasteiger charge is -2.21. The number of carbonyl (C=O) groups is 1. The smallest absolute Gasteiger partial charge is 0.322 e. The van der Waals surface area contributed by atoms with Gasteiger partial charge in [0.05, 0.1) is 0 Å². The van der Waals surface area contributed by atoms with Gasteiger partial charge in [-0.1, -0.05) is 13.3 Å². The topological polar surface area (TPSA) is 52.6 Å². The zero-order chi connectivity index (χ0) is 11.5. The summed E-state index contributed by atoms with van der Waals surface area (Å²) in [6, 6.07) is 0.0915. The van der Waals surface area contributed by atoms with Gasteiger partial charge in [0.1, 0.15) is 6.04 Å². The van der Waals surface area contributed by atoms with Gasteiger partial charge in [0.2, 0.25) is 0 Å². The van der Waals surface area contributed by atoms with E-state index in [0.29, 0.717) is 12.6 Å². The first-order chi connectivity index (χ1) is 7.69. The zero-order valence-electron chi connectivity index (χ0n) is 9.98. The van der Waals surface area contributed by atoms with Gasteiger partial charge in [-0.3, -0.25) is 4.79 Å². The number of aliphatic carboxylic acids is 1. The van der Waals surface area contributed by atoms with Crippen molar-refractivity contribution in [3.63, 3.8) is 0 Å². The number of carboxylic acids is 1. The number of nitrogens with zero attached hydrogens (tertiary/aromatic N) is 1. The number of likely N-dealkylation sites (tertiary alicyclic amines) is 1. The van der Waals surface area contributed by atoms with E-state index in [-0.39, 0.29) is 6.04 Å². The molecule has 2 unspecified atom stereocenters. The fourth-order valence-corrected chi connectivity index (χ4v) is 2.41. The Hall–Kier alpha value is -0.610. The summed E-state index contributed by atoms with van der Waals surface area (Å²) >= 11 is 0. The molecule has 0 spiro atoms. The van der Waals surface area contributed by atoms with Crippen molar-refractivity contribution >= 4 is 5.97 Å². The minimum Gasteiger partial charge on any atom is -0.480 e. The number of carboxylic acid groups (broad SMARTS) is 1. The molecule has 4 nitrogen and oxygen atoms in total. The Kier molecular flexibility index (Phi) is 3.82. The molecule has 4 heteroatoms. The third-order valence-corrected chi connectivity index (χ3v) is 3.70. The molecule has 2 aliphatic rings. The van der Waals surface area contributed by atoms with Crippen LogP contribution in [-0.2, 0) is 4.79 Å². The summed E-state index contributed by atoms with van der Waals surface area (Å²) in [7, 11) is 0. The third kappa shape index (κ3) is 3.19. The normalized spacial score (nSPS) is 28.2. The first-order valence-electron chi connectivity index (χ1n) is 6.40. The maximum atomic E-state index is 11.1.